The Morgan fingerprint density at radius 2 is 1.67 bits per heavy atom. The summed E-state index contributed by atoms with van der Waals surface area (Å²) >= 11 is 0. The van der Waals surface area contributed by atoms with Crippen LogP contribution in [-0.2, 0) is 11.2 Å². The lowest BCUT2D eigenvalue weighted by Gasteiger charge is -2.29. The van der Waals surface area contributed by atoms with E-state index in [1.165, 1.54) is 4.68 Å². The number of nitrogens with two attached hydrogens (primary N) is 1. The van der Waals surface area contributed by atoms with Gasteiger partial charge in [0.2, 0.25) is 5.91 Å². The fraction of sp³-hybridized carbons (Fsp3) is 0.280. The average molecular weight is 444 g/mol. The molecule has 0 unspecified atom stereocenters. The first-order valence-electron chi connectivity index (χ1n) is 11.1. The van der Waals surface area contributed by atoms with E-state index in [4.69, 9.17) is 5.73 Å². The minimum Gasteiger partial charge on any atom is -0.364 e. The summed E-state index contributed by atoms with van der Waals surface area (Å²) < 4.78 is 1.52. The number of fused-ring (bicyclic) bond motifs is 1. The lowest BCUT2D eigenvalue weighted by molar-refractivity contribution is -0.117. The van der Waals surface area contributed by atoms with Crippen LogP contribution in [0.15, 0.2) is 42.5 Å². The Hall–Kier alpha value is -3.94. The summed E-state index contributed by atoms with van der Waals surface area (Å²) in [6, 6.07) is 13.3. The lowest BCUT2D eigenvalue weighted by Crippen LogP contribution is -2.39. The third-order valence-corrected chi connectivity index (χ3v) is 6.38. The van der Waals surface area contributed by atoms with Crippen molar-refractivity contribution < 1.29 is 14.4 Å². The monoisotopic (exact) mass is 443 g/mol. The second-order valence-electron chi connectivity index (χ2n) is 8.61. The molecule has 0 spiro atoms. The Bertz CT molecular complexity index is 1290. The second kappa shape index (κ2) is 7.88. The highest BCUT2D eigenvalue weighted by Gasteiger charge is 2.35. The van der Waals surface area contributed by atoms with Crippen molar-refractivity contribution in [1.82, 2.24) is 9.78 Å². The number of primary amides is 1. The molecular weight excluding hydrogens is 418 g/mol. The van der Waals surface area contributed by atoms with E-state index in [9.17, 15) is 14.4 Å². The molecular formula is C25H25N5O3. The molecule has 33 heavy (non-hydrogen) atoms. The molecule has 168 valence electrons. The van der Waals surface area contributed by atoms with Crippen LogP contribution < -0.4 is 15.5 Å². The van der Waals surface area contributed by atoms with Crippen LogP contribution in [0.2, 0.25) is 0 Å². The third kappa shape index (κ3) is 3.47. The number of aromatic nitrogens is 2. The normalized spacial score (nSPS) is 15.8. The van der Waals surface area contributed by atoms with E-state index in [-0.39, 0.29) is 17.5 Å². The van der Waals surface area contributed by atoms with Gasteiger partial charge in [-0.05, 0) is 62.6 Å². The molecule has 3 amide bonds. The summed E-state index contributed by atoms with van der Waals surface area (Å²) in [7, 11) is 0. The number of rotatable bonds is 4. The third-order valence-electron chi connectivity index (χ3n) is 6.38. The van der Waals surface area contributed by atoms with Crippen LogP contribution in [0, 0.1) is 13.8 Å². The van der Waals surface area contributed by atoms with Crippen LogP contribution in [0.4, 0.5) is 11.4 Å². The van der Waals surface area contributed by atoms with Crippen LogP contribution in [0.1, 0.15) is 50.5 Å². The molecule has 1 aromatic heterocycles. The molecule has 2 N–H and O–H groups in total. The number of benzene rings is 2. The topological polar surface area (TPSA) is 102 Å². The second-order valence-corrected chi connectivity index (χ2v) is 8.61. The first-order valence-corrected chi connectivity index (χ1v) is 11.1. The molecule has 1 saturated heterocycles. The van der Waals surface area contributed by atoms with Crippen molar-refractivity contribution in [3.05, 3.63) is 70.5 Å². The largest absolute Gasteiger partial charge is 0.364 e. The first kappa shape index (κ1) is 20.9. The van der Waals surface area contributed by atoms with Crippen molar-refractivity contribution in [3.8, 4) is 5.69 Å². The Balaban J connectivity index is 1.55. The average Bonchev–Trinajstić information content (AvgIpc) is 3.39. The quantitative estimate of drug-likeness (QED) is 0.670. The standard InChI is InChI=1S/C25H25N5O3/c1-15-5-7-17(8-6-15)30-23-19(22(27-30)24(26)32)11-13-29(25(23)33)20-10-9-18(14-16(20)2)28-12-3-4-21(28)31/h5-10,14H,3-4,11-13H2,1-2H3,(H2,26,32). The Labute approximate surface area is 191 Å². The summed E-state index contributed by atoms with van der Waals surface area (Å²) in [6.45, 7) is 5.05. The van der Waals surface area contributed by atoms with Gasteiger partial charge in [0.15, 0.2) is 5.69 Å². The van der Waals surface area contributed by atoms with Gasteiger partial charge in [-0.3, -0.25) is 14.4 Å². The molecule has 2 aliphatic heterocycles. The number of hydrogen-bond acceptors (Lipinski definition) is 4. The maximum Gasteiger partial charge on any atom is 0.277 e. The highest BCUT2D eigenvalue weighted by molar-refractivity contribution is 6.10. The van der Waals surface area contributed by atoms with E-state index < -0.39 is 5.91 Å². The molecule has 8 heteroatoms. The van der Waals surface area contributed by atoms with Gasteiger partial charge in [-0.15, -0.1) is 0 Å². The zero-order valence-corrected chi connectivity index (χ0v) is 18.7. The van der Waals surface area contributed by atoms with Gasteiger partial charge >= 0.3 is 0 Å². The number of carbonyl (C=O) groups is 3. The van der Waals surface area contributed by atoms with Crippen molar-refractivity contribution in [2.75, 3.05) is 22.9 Å². The molecule has 0 aliphatic carbocycles. The molecule has 8 nitrogen and oxygen atoms in total. The fourth-order valence-corrected chi connectivity index (χ4v) is 4.69. The number of hydrogen-bond donors (Lipinski definition) is 1. The van der Waals surface area contributed by atoms with Gasteiger partial charge in [-0.25, -0.2) is 4.68 Å². The van der Waals surface area contributed by atoms with Gasteiger partial charge in [0.25, 0.3) is 11.8 Å². The minimum absolute atomic E-state index is 0.127. The number of anilines is 2. The predicted molar refractivity (Wildman–Crippen MR) is 125 cm³/mol. The number of aryl methyl sites for hydroxylation is 2. The van der Waals surface area contributed by atoms with Gasteiger partial charge in [0.05, 0.1) is 5.69 Å². The summed E-state index contributed by atoms with van der Waals surface area (Å²) in [5, 5.41) is 4.42. The van der Waals surface area contributed by atoms with E-state index >= 15 is 0 Å². The van der Waals surface area contributed by atoms with Crippen LogP contribution in [0.5, 0.6) is 0 Å². The molecule has 0 atom stereocenters. The van der Waals surface area contributed by atoms with Crippen molar-refractivity contribution in [2.24, 2.45) is 5.73 Å². The summed E-state index contributed by atoms with van der Waals surface area (Å²) in [4.78, 5) is 41.4. The van der Waals surface area contributed by atoms with Gasteiger partial charge in [-0.2, -0.15) is 5.10 Å². The Kier molecular flexibility index (Phi) is 5.00. The molecule has 0 bridgehead atoms. The zero-order valence-electron chi connectivity index (χ0n) is 18.7. The number of amides is 3. The van der Waals surface area contributed by atoms with Gasteiger partial charge in [0.1, 0.15) is 5.69 Å². The van der Waals surface area contributed by atoms with Gasteiger partial charge in [-0.1, -0.05) is 17.7 Å². The number of nitrogens with zero attached hydrogens (tertiary/aromatic N) is 4. The van der Waals surface area contributed by atoms with E-state index in [1.54, 1.807) is 9.80 Å². The van der Waals surface area contributed by atoms with Crippen molar-refractivity contribution in [2.45, 2.75) is 33.1 Å². The van der Waals surface area contributed by atoms with E-state index in [0.29, 0.717) is 36.3 Å². The van der Waals surface area contributed by atoms with Crippen LogP contribution in [-0.4, -0.2) is 40.6 Å². The maximum atomic E-state index is 13.7. The molecule has 3 heterocycles. The highest BCUT2D eigenvalue weighted by atomic mass is 16.2. The maximum absolute atomic E-state index is 13.7. The molecule has 1 fully saturated rings. The lowest BCUT2D eigenvalue weighted by atomic mass is 10.0. The molecule has 5 rings (SSSR count). The molecule has 3 aromatic rings. The van der Waals surface area contributed by atoms with Crippen molar-refractivity contribution in [3.63, 3.8) is 0 Å². The van der Waals surface area contributed by atoms with E-state index in [2.05, 4.69) is 5.10 Å². The Morgan fingerprint density at radius 1 is 0.939 bits per heavy atom. The SMILES string of the molecule is Cc1ccc(-n2nc(C(N)=O)c3c2C(=O)N(c2ccc(N4CCCC4=O)cc2C)CC3)cc1. The predicted octanol–water partition coefficient (Wildman–Crippen LogP) is 2.92. The Morgan fingerprint density at radius 3 is 2.30 bits per heavy atom. The minimum atomic E-state index is -0.644. The smallest absolute Gasteiger partial charge is 0.277 e. The van der Waals surface area contributed by atoms with Gasteiger partial charge < -0.3 is 15.5 Å². The van der Waals surface area contributed by atoms with Crippen LogP contribution in [0.3, 0.4) is 0 Å². The number of carbonyl (C=O) groups excluding carboxylic acids is 3. The first-order chi connectivity index (χ1) is 15.8. The molecule has 2 aliphatic rings. The van der Waals surface area contributed by atoms with E-state index in [0.717, 1.165) is 35.5 Å². The van der Waals surface area contributed by atoms with E-state index in [1.807, 2.05) is 56.3 Å². The molecule has 0 radical (unpaired) electrons. The van der Waals surface area contributed by atoms with Crippen LogP contribution in [0.25, 0.3) is 5.69 Å². The van der Waals surface area contributed by atoms with Crippen molar-refractivity contribution in [1.29, 1.82) is 0 Å². The highest BCUT2D eigenvalue weighted by Crippen LogP contribution is 2.33. The fourth-order valence-electron chi connectivity index (χ4n) is 4.69. The summed E-state index contributed by atoms with van der Waals surface area (Å²) in [5.74, 6) is -0.749. The molecule has 0 saturated carbocycles. The van der Waals surface area contributed by atoms with Gasteiger partial charge in [0, 0.05) is 36.4 Å². The summed E-state index contributed by atoms with van der Waals surface area (Å²) in [5.41, 5.74) is 11.0. The summed E-state index contributed by atoms with van der Waals surface area (Å²) in [6.07, 6.45) is 1.90. The molecule has 2 aromatic carbocycles. The van der Waals surface area contributed by atoms with Crippen molar-refractivity contribution >= 4 is 29.1 Å². The zero-order chi connectivity index (χ0) is 23.3. The van der Waals surface area contributed by atoms with Crippen LogP contribution >= 0.6 is 0 Å².